The van der Waals surface area contributed by atoms with Crippen LogP contribution in [-0.2, 0) is 13.5 Å². The molecule has 11 heavy (non-hydrogen) atoms. The number of aryl methyl sites for hydroxylation is 2. The maximum atomic E-state index is 5.38. The third-order valence-electron chi connectivity index (χ3n) is 1.80. The molecule has 0 radical (unpaired) electrons. The van der Waals surface area contributed by atoms with E-state index in [9.17, 15) is 0 Å². The van der Waals surface area contributed by atoms with Gasteiger partial charge in [-0.1, -0.05) is 0 Å². The molecular weight excluding hydrogens is 138 g/mol. The monoisotopic (exact) mass is 153 g/mol. The van der Waals surface area contributed by atoms with Crippen LogP contribution in [0.4, 0.5) is 0 Å². The van der Waals surface area contributed by atoms with E-state index in [1.807, 2.05) is 19.6 Å². The molecule has 0 unspecified atom stereocenters. The first-order valence-electron chi connectivity index (χ1n) is 4.00. The molecule has 0 aliphatic carbocycles. The highest BCUT2D eigenvalue weighted by molar-refractivity contribution is 4.97. The van der Waals surface area contributed by atoms with Gasteiger partial charge in [-0.15, -0.1) is 0 Å². The molecule has 1 aromatic rings. The lowest BCUT2D eigenvalue weighted by Crippen LogP contribution is -2.00. The highest BCUT2D eigenvalue weighted by Crippen LogP contribution is 2.01. The van der Waals surface area contributed by atoms with Gasteiger partial charge in [-0.3, -0.25) is 0 Å². The van der Waals surface area contributed by atoms with Crippen molar-refractivity contribution in [2.75, 3.05) is 6.54 Å². The van der Waals surface area contributed by atoms with Crippen molar-refractivity contribution in [2.45, 2.75) is 19.3 Å². The lowest BCUT2D eigenvalue weighted by molar-refractivity contribution is 0.705. The van der Waals surface area contributed by atoms with E-state index in [0.29, 0.717) is 0 Å². The smallest absolute Gasteiger partial charge is 0.0945 e. The van der Waals surface area contributed by atoms with Gasteiger partial charge in [0.1, 0.15) is 0 Å². The van der Waals surface area contributed by atoms with Gasteiger partial charge in [-0.05, 0) is 25.8 Å². The Kier molecular flexibility index (Phi) is 3.11. The van der Waals surface area contributed by atoms with Crippen molar-refractivity contribution in [1.82, 2.24) is 9.55 Å². The average molecular weight is 153 g/mol. The molecule has 3 heteroatoms. The van der Waals surface area contributed by atoms with Gasteiger partial charge in [0.15, 0.2) is 0 Å². The van der Waals surface area contributed by atoms with Gasteiger partial charge < -0.3 is 10.3 Å². The SMILES string of the molecule is Cn1cncc1CCCCN. The first kappa shape index (κ1) is 8.27. The van der Waals surface area contributed by atoms with Crippen LogP contribution in [0.25, 0.3) is 0 Å². The Balaban J connectivity index is 2.32. The van der Waals surface area contributed by atoms with Crippen molar-refractivity contribution in [1.29, 1.82) is 0 Å². The second kappa shape index (κ2) is 4.13. The van der Waals surface area contributed by atoms with Crippen LogP contribution in [0.15, 0.2) is 12.5 Å². The van der Waals surface area contributed by atoms with Crippen LogP contribution >= 0.6 is 0 Å². The number of nitrogens with zero attached hydrogens (tertiary/aromatic N) is 2. The van der Waals surface area contributed by atoms with Crippen LogP contribution in [0, 0.1) is 0 Å². The van der Waals surface area contributed by atoms with Crippen molar-refractivity contribution in [3.63, 3.8) is 0 Å². The van der Waals surface area contributed by atoms with Crippen LogP contribution < -0.4 is 5.73 Å². The Hall–Kier alpha value is -0.830. The van der Waals surface area contributed by atoms with Gasteiger partial charge in [0, 0.05) is 18.9 Å². The molecule has 62 valence electrons. The topological polar surface area (TPSA) is 43.8 Å². The highest BCUT2D eigenvalue weighted by Gasteiger charge is 1.96. The molecule has 0 amide bonds. The maximum absolute atomic E-state index is 5.38. The zero-order chi connectivity index (χ0) is 8.10. The molecule has 0 fully saturated rings. The van der Waals surface area contributed by atoms with Gasteiger partial charge in [0.25, 0.3) is 0 Å². The zero-order valence-corrected chi connectivity index (χ0v) is 6.95. The van der Waals surface area contributed by atoms with Gasteiger partial charge in [-0.25, -0.2) is 4.98 Å². The third-order valence-corrected chi connectivity index (χ3v) is 1.80. The molecule has 0 atom stereocenters. The number of nitrogens with two attached hydrogens (primary N) is 1. The summed E-state index contributed by atoms with van der Waals surface area (Å²) in [6.45, 7) is 0.790. The summed E-state index contributed by atoms with van der Waals surface area (Å²) in [6.07, 6.45) is 7.10. The fraction of sp³-hybridized carbons (Fsp3) is 0.625. The van der Waals surface area contributed by atoms with Crippen molar-refractivity contribution < 1.29 is 0 Å². The normalized spacial score (nSPS) is 10.4. The van der Waals surface area contributed by atoms with Gasteiger partial charge in [0.2, 0.25) is 0 Å². The maximum Gasteiger partial charge on any atom is 0.0945 e. The summed E-state index contributed by atoms with van der Waals surface area (Å²) in [4.78, 5) is 4.03. The van der Waals surface area contributed by atoms with Crippen molar-refractivity contribution in [2.24, 2.45) is 12.8 Å². The molecule has 1 heterocycles. The third kappa shape index (κ3) is 2.35. The van der Waals surface area contributed by atoms with E-state index >= 15 is 0 Å². The summed E-state index contributed by atoms with van der Waals surface area (Å²) in [6, 6.07) is 0. The number of unbranched alkanes of at least 4 members (excludes halogenated alkanes) is 1. The molecule has 2 N–H and O–H groups in total. The van der Waals surface area contributed by atoms with E-state index in [-0.39, 0.29) is 0 Å². The van der Waals surface area contributed by atoms with Crippen molar-refractivity contribution in [3.05, 3.63) is 18.2 Å². The Bertz CT molecular complexity index is 205. The fourth-order valence-corrected chi connectivity index (χ4v) is 1.08. The van der Waals surface area contributed by atoms with E-state index in [2.05, 4.69) is 9.55 Å². The zero-order valence-electron chi connectivity index (χ0n) is 6.95. The number of hydrogen-bond acceptors (Lipinski definition) is 2. The average Bonchev–Trinajstić information content (AvgIpc) is 2.37. The molecular formula is C8H15N3. The first-order chi connectivity index (χ1) is 5.34. The molecule has 1 rings (SSSR count). The predicted molar refractivity (Wildman–Crippen MR) is 45.2 cm³/mol. The summed E-state index contributed by atoms with van der Waals surface area (Å²) in [5.74, 6) is 0. The van der Waals surface area contributed by atoms with Crippen LogP contribution in [0.2, 0.25) is 0 Å². The molecule has 0 saturated heterocycles. The standard InChI is InChI=1S/C8H15N3/c1-11-7-10-6-8(11)4-2-3-5-9/h6-7H,2-5,9H2,1H3. The van der Waals surface area contributed by atoms with Crippen molar-refractivity contribution >= 4 is 0 Å². The molecule has 0 aliphatic rings. The minimum Gasteiger partial charge on any atom is -0.338 e. The Morgan fingerprint density at radius 3 is 2.91 bits per heavy atom. The van der Waals surface area contributed by atoms with Crippen LogP contribution in [-0.4, -0.2) is 16.1 Å². The summed E-state index contributed by atoms with van der Waals surface area (Å²) in [5, 5.41) is 0. The fourth-order valence-electron chi connectivity index (χ4n) is 1.08. The number of imidazole rings is 1. The summed E-state index contributed by atoms with van der Waals surface area (Å²) in [7, 11) is 2.02. The van der Waals surface area contributed by atoms with Crippen LogP contribution in [0.1, 0.15) is 18.5 Å². The molecule has 0 aliphatic heterocycles. The number of aromatic nitrogens is 2. The van der Waals surface area contributed by atoms with E-state index in [1.54, 1.807) is 0 Å². The van der Waals surface area contributed by atoms with E-state index in [1.165, 1.54) is 5.69 Å². The van der Waals surface area contributed by atoms with Crippen LogP contribution in [0.5, 0.6) is 0 Å². The lowest BCUT2D eigenvalue weighted by atomic mass is 10.2. The Morgan fingerprint density at radius 2 is 2.36 bits per heavy atom. The highest BCUT2D eigenvalue weighted by atomic mass is 15.0. The van der Waals surface area contributed by atoms with Crippen molar-refractivity contribution in [3.8, 4) is 0 Å². The minimum absolute atomic E-state index is 0.790. The largest absolute Gasteiger partial charge is 0.338 e. The number of rotatable bonds is 4. The van der Waals surface area contributed by atoms with E-state index in [4.69, 9.17) is 5.73 Å². The second-order valence-corrected chi connectivity index (χ2v) is 2.74. The molecule has 0 saturated carbocycles. The van der Waals surface area contributed by atoms with E-state index in [0.717, 1.165) is 25.8 Å². The summed E-state index contributed by atoms with van der Waals surface area (Å²) >= 11 is 0. The summed E-state index contributed by atoms with van der Waals surface area (Å²) in [5.41, 5.74) is 6.67. The molecule has 0 spiro atoms. The summed E-state index contributed by atoms with van der Waals surface area (Å²) < 4.78 is 2.05. The molecule has 1 aromatic heterocycles. The molecule has 0 aromatic carbocycles. The van der Waals surface area contributed by atoms with Gasteiger partial charge in [-0.2, -0.15) is 0 Å². The van der Waals surface area contributed by atoms with Gasteiger partial charge in [0.05, 0.1) is 6.33 Å². The second-order valence-electron chi connectivity index (χ2n) is 2.74. The molecule has 3 nitrogen and oxygen atoms in total. The van der Waals surface area contributed by atoms with Gasteiger partial charge >= 0.3 is 0 Å². The quantitative estimate of drug-likeness (QED) is 0.647. The Morgan fingerprint density at radius 1 is 1.55 bits per heavy atom. The minimum atomic E-state index is 0.790. The Labute approximate surface area is 67.2 Å². The lowest BCUT2D eigenvalue weighted by Gasteiger charge is -1.99. The molecule has 0 bridgehead atoms. The van der Waals surface area contributed by atoms with Crippen LogP contribution in [0.3, 0.4) is 0 Å². The van der Waals surface area contributed by atoms with E-state index < -0.39 is 0 Å². The predicted octanol–water partition coefficient (Wildman–Crippen LogP) is 0.702. The number of hydrogen-bond donors (Lipinski definition) is 1. The first-order valence-corrected chi connectivity index (χ1v) is 4.00.